The van der Waals surface area contributed by atoms with E-state index in [1.165, 1.54) is 186 Å². The number of hydrogen-bond donors (Lipinski definition) is 0. The Bertz CT molecular complexity index is 1370. The fourth-order valence-corrected chi connectivity index (χ4v) is 9.17. The van der Waals surface area contributed by atoms with Gasteiger partial charge in [-0.2, -0.15) is 0 Å². The fourth-order valence-electron chi connectivity index (χ4n) is 9.17. The zero-order valence-corrected chi connectivity index (χ0v) is 49.1. The number of esters is 3. The van der Waals surface area contributed by atoms with Crippen molar-refractivity contribution in [1.82, 2.24) is 0 Å². The van der Waals surface area contributed by atoms with Crippen molar-refractivity contribution in [3.63, 3.8) is 0 Å². The fraction of sp³-hybridized carbons (Fsp3) is 0.779. The first-order valence-corrected chi connectivity index (χ1v) is 31.9. The number of carbonyl (C=O) groups is 3. The summed E-state index contributed by atoms with van der Waals surface area (Å²) in [5.74, 6) is -0.880. The Balaban J connectivity index is 4.18. The Labute approximate surface area is 459 Å². The van der Waals surface area contributed by atoms with Gasteiger partial charge in [0.2, 0.25) is 0 Å². The van der Waals surface area contributed by atoms with Crippen LogP contribution in [0.2, 0.25) is 0 Å². The van der Waals surface area contributed by atoms with E-state index in [9.17, 15) is 14.4 Å². The van der Waals surface area contributed by atoms with Crippen molar-refractivity contribution in [2.75, 3.05) is 13.2 Å². The van der Waals surface area contributed by atoms with Gasteiger partial charge in [-0.3, -0.25) is 14.4 Å². The Morgan fingerprint density at radius 3 is 0.838 bits per heavy atom. The smallest absolute Gasteiger partial charge is 0.306 e. The van der Waals surface area contributed by atoms with Crippen molar-refractivity contribution in [1.29, 1.82) is 0 Å². The lowest BCUT2D eigenvalue weighted by Gasteiger charge is -2.18. The third-order valence-corrected chi connectivity index (χ3v) is 13.9. The van der Waals surface area contributed by atoms with Crippen LogP contribution in [0.15, 0.2) is 72.9 Å². The molecule has 0 fully saturated rings. The number of hydrogen-bond acceptors (Lipinski definition) is 6. The van der Waals surface area contributed by atoms with Crippen molar-refractivity contribution in [2.45, 2.75) is 329 Å². The second kappa shape index (κ2) is 62.4. The highest BCUT2D eigenvalue weighted by Crippen LogP contribution is 2.17. The van der Waals surface area contributed by atoms with Gasteiger partial charge in [0.25, 0.3) is 0 Å². The number of ether oxygens (including phenoxy) is 3. The summed E-state index contributed by atoms with van der Waals surface area (Å²) in [4.78, 5) is 38.1. The standard InChI is InChI=1S/C68H120O6/c1-4-7-10-13-16-19-21-23-25-27-29-31-33-34-36-37-39-41-43-45-47-49-52-55-58-61-67(70)73-64-65(63-72-66(69)60-57-54-51-18-15-12-9-6-3)74-68(71)62-59-56-53-50-48-46-44-42-40-38-35-32-30-28-26-24-22-20-17-14-11-8-5-2/h8,11,17,20,24,26-27,29-30,32,38,40,65H,4-7,9-10,12-16,18-19,21-23,25,28,31,33-37,39,41-64H2,1-3H3/b11-8-,20-17-,26-24-,29-27-,32-30-,40-38-. The van der Waals surface area contributed by atoms with Crippen molar-refractivity contribution in [3.8, 4) is 0 Å². The monoisotopic (exact) mass is 1030 g/mol. The summed E-state index contributed by atoms with van der Waals surface area (Å²) in [5, 5.41) is 0. The predicted molar refractivity (Wildman–Crippen MR) is 321 cm³/mol. The molecule has 0 aliphatic carbocycles. The van der Waals surface area contributed by atoms with Gasteiger partial charge in [-0.15, -0.1) is 0 Å². The third kappa shape index (κ3) is 59.7. The molecule has 6 heteroatoms. The van der Waals surface area contributed by atoms with Gasteiger partial charge < -0.3 is 14.2 Å². The first-order valence-electron chi connectivity index (χ1n) is 31.9. The van der Waals surface area contributed by atoms with Gasteiger partial charge in [-0.05, 0) is 89.9 Å². The number of allylic oxidation sites excluding steroid dienone is 12. The van der Waals surface area contributed by atoms with E-state index >= 15 is 0 Å². The molecular weight excluding hydrogens is 913 g/mol. The molecule has 0 aromatic carbocycles. The highest BCUT2D eigenvalue weighted by molar-refractivity contribution is 5.71. The van der Waals surface area contributed by atoms with Crippen LogP contribution >= 0.6 is 0 Å². The van der Waals surface area contributed by atoms with Crippen LogP contribution in [0.3, 0.4) is 0 Å². The first kappa shape index (κ1) is 70.8. The average Bonchev–Trinajstić information content (AvgIpc) is 3.40. The SMILES string of the molecule is CC/C=C\C/C=C\C/C=C\C/C=C\C/C=C\CCCCCCCCCC(=O)OC(COC(=O)CCCCCCCCCC)COC(=O)CCCCCCCCCCCCCCC/C=C\CCCCCCCCCC. The minimum atomic E-state index is -0.779. The van der Waals surface area contributed by atoms with E-state index in [4.69, 9.17) is 14.2 Å². The van der Waals surface area contributed by atoms with E-state index < -0.39 is 6.10 Å². The maximum Gasteiger partial charge on any atom is 0.306 e. The number of carbonyl (C=O) groups excluding carboxylic acids is 3. The molecule has 0 aromatic heterocycles. The number of unbranched alkanes of at least 4 members (excludes halogenated alkanes) is 35. The summed E-state index contributed by atoms with van der Waals surface area (Å²) in [6.45, 7) is 6.52. The van der Waals surface area contributed by atoms with E-state index in [0.717, 1.165) is 96.3 Å². The molecule has 1 atom stereocenters. The molecule has 0 bridgehead atoms. The van der Waals surface area contributed by atoms with Gasteiger partial charge in [0.05, 0.1) is 0 Å². The molecule has 0 heterocycles. The van der Waals surface area contributed by atoms with Crippen LogP contribution in [-0.4, -0.2) is 37.2 Å². The molecule has 6 nitrogen and oxygen atoms in total. The van der Waals surface area contributed by atoms with Crippen LogP contribution in [0.5, 0.6) is 0 Å². The predicted octanol–water partition coefficient (Wildman–Crippen LogP) is 21.7. The molecule has 0 aliphatic heterocycles. The van der Waals surface area contributed by atoms with E-state index in [1.807, 2.05) is 0 Å². The van der Waals surface area contributed by atoms with Gasteiger partial charge in [-0.1, -0.05) is 286 Å². The maximum absolute atomic E-state index is 12.9. The summed E-state index contributed by atoms with van der Waals surface area (Å²) in [5.41, 5.74) is 0. The molecule has 0 aromatic rings. The van der Waals surface area contributed by atoms with E-state index in [1.54, 1.807) is 0 Å². The van der Waals surface area contributed by atoms with Crippen molar-refractivity contribution in [3.05, 3.63) is 72.9 Å². The summed E-state index contributed by atoms with van der Waals surface area (Å²) in [7, 11) is 0. The first-order chi connectivity index (χ1) is 36.5. The molecule has 0 saturated heterocycles. The van der Waals surface area contributed by atoms with Crippen LogP contribution in [0, 0.1) is 0 Å². The zero-order valence-electron chi connectivity index (χ0n) is 49.1. The van der Waals surface area contributed by atoms with Gasteiger partial charge in [0.15, 0.2) is 6.10 Å². The summed E-state index contributed by atoms with van der Waals surface area (Å²) in [6.07, 6.45) is 80.7. The average molecular weight is 1030 g/mol. The van der Waals surface area contributed by atoms with Crippen molar-refractivity contribution in [2.24, 2.45) is 0 Å². The molecule has 0 rings (SSSR count). The molecule has 74 heavy (non-hydrogen) atoms. The van der Waals surface area contributed by atoms with Crippen LogP contribution in [0.4, 0.5) is 0 Å². The van der Waals surface area contributed by atoms with Crippen molar-refractivity contribution < 1.29 is 28.6 Å². The van der Waals surface area contributed by atoms with Gasteiger partial charge >= 0.3 is 17.9 Å². The summed E-state index contributed by atoms with van der Waals surface area (Å²) >= 11 is 0. The highest BCUT2D eigenvalue weighted by atomic mass is 16.6. The highest BCUT2D eigenvalue weighted by Gasteiger charge is 2.19. The lowest BCUT2D eigenvalue weighted by atomic mass is 10.0. The minimum Gasteiger partial charge on any atom is -0.462 e. The van der Waals surface area contributed by atoms with E-state index in [-0.39, 0.29) is 31.1 Å². The molecule has 0 N–H and O–H groups in total. The van der Waals surface area contributed by atoms with Crippen LogP contribution in [0.1, 0.15) is 323 Å². The van der Waals surface area contributed by atoms with E-state index in [2.05, 4.69) is 93.7 Å². The normalized spacial score (nSPS) is 12.5. The zero-order chi connectivity index (χ0) is 53.6. The maximum atomic E-state index is 12.9. The van der Waals surface area contributed by atoms with Gasteiger partial charge in [-0.25, -0.2) is 0 Å². The lowest BCUT2D eigenvalue weighted by molar-refractivity contribution is -0.167. The second-order valence-corrected chi connectivity index (χ2v) is 21.3. The molecular formula is C68H120O6. The molecule has 428 valence electrons. The third-order valence-electron chi connectivity index (χ3n) is 13.9. The van der Waals surface area contributed by atoms with Crippen LogP contribution in [-0.2, 0) is 28.6 Å². The Hall–Kier alpha value is -3.15. The van der Waals surface area contributed by atoms with Crippen LogP contribution < -0.4 is 0 Å². The topological polar surface area (TPSA) is 78.9 Å². The largest absolute Gasteiger partial charge is 0.462 e. The van der Waals surface area contributed by atoms with Gasteiger partial charge in [0, 0.05) is 19.3 Å². The molecule has 0 saturated carbocycles. The Kier molecular flexibility index (Phi) is 59.7. The number of rotatable bonds is 58. The minimum absolute atomic E-state index is 0.0774. The van der Waals surface area contributed by atoms with Crippen LogP contribution in [0.25, 0.3) is 0 Å². The molecule has 1 unspecified atom stereocenters. The van der Waals surface area contributed by atoms with E-state index in [0.29, 0.717) is 19.3 Å². The molecule has 0 aliphatic rings. The summed E-state index contributed by atoms with van der Waals surface area (Å²) in [6, 6.07) is 0. The Morgan fingerprint density at radius 1 is 0.284 bits per heavy atom. The molecule has 0 spiro atoms. The van der Waals surface area contributed by atoms with Gasteiger partial charge in [0.1, 0.15) is 13.2 Å². The Morgan fingerprint density at radius 2 is 0.527 bits per heavy atom. The summed E-state index contributed by atoms with van der Waals surface area (Å²) < 4.78 is 16.9. The second-order valence-electron chi connectivity index (χ2n) is 21.3. The quantitative estimate of drug-likeness (QED) is 0.0261. The van der Waals surface area contributed by atoms with Crippen molar-refractivity contribution >= 4 is 17.9 Å². The lowest BCUT2D eigenvalue weighted by Crippen LogP contribution is -2.30. The molecule has 0 amide bonds. The molecule has 0 radical (unpaired) electrons.